The van der Waals surface area contributed by atoms with E-state index >= 15 is 0 Å². The van der Waals surface area contributed by atoms with E-state index in [0.717, 1.165) is 24.5 Å². The zero-order valence-corrected chi connectivity index (χ0v) is 18.2. The molecule has 0 saturated carbocycles. The minimum Gasteiger partial charge on any atom is -0.497 e. The monoisotopic (exact) mass is 424 g/mol. The number of hydrogen-bond donors (Lipinski definition) is 2. The standard InChI is InChI=1S/C24H32N4O3/c1-31-21-10-8-20(9-11-21)24(30)26-13-6-7-23(29)27-18-19-12-14-25-22(17-19)28-15-4-2-3-5-16-28/h8-12,14,17H,2-7,13,15-16,18H2,1H3,(H,26,30)(H,27,29). The van der Waals surface area contributed by atoms with Crippen LogP contribution in [0.4, 0.5) is 5.82 Å². The second-order valence-corrected chi connectivity index (χ2v) is 7.79. The number of rotatable bonds is 9. The Morgan fingerprint density at radius 3 is 2.48 bits per heavy atom. The molecular weight excluding hydrogens is 392 g/mol. The van der Waals surface area contributed by atoms with Crippen molar-refractivity contribution in [3.63, 3.8) is 0 Å². The second kappa shape index (κ2) is 11.9. The van der Waals surface area contributed by atoms with E-state index in [1.807, 2.05) is 12.3 Å². The average molecular weight is 425 g/mol. The first-order valence-corrected chi connectivity index (χ1v) is 11.0. The lowest BCUT2D eigenvalue weighted by molar-refractivity contribution is -0.121. The number of carbonyl (C=O) groups excluding carboxylic acids is 2. The Labute approximate surface area is 184 Å². The van der Waals surface area contributed by atoms with Gasteiger partial charge < -0.3 is 20.3 Å². The van der Waals surface area contributed by atoms with Gasteiger partial charge in [-0.05, 0) is 61.2 Å². The van der Waals surface area contributed by atoms with Gasteiger partial charge in [0.05, 0.1) is 7.11 Å². The van der Waals surface area contributed by atoms with Gasteiger partial charge in [0.15, 0.2) is 0 Å². The van der Waals surface area contributed by atoms with E-state index in [2.05, 4.69) is 26.6 Å². The number of methoxy groups -OCH3 is 1. The largest absolute Gasteiger partial charge is 0.497 e. The highest BCUT2D eigenvalue weighted by molar-refractivity contribution is 5.94. The number of anilines is 1. The third-order valence-corrected chi connectivity index (χ3v) is 5.45. The summed E-state index contributed by atoms with van der Waals surface area (Å²) in [6.45, 7) is 3.03. The quantitative estimate of drug-likeness (QED) is 0.604. The lowest BCUT2D eigenvalue weighted by Gasteiger charge is -2.21. The van der Waals surface area contributed by atoms with Crippen molar-refractivity contribution in [3.8, 4) is 5.75 Å². The molecule has 1 aromatic heterocycles. The van der Waals surface area contributed by atoms with Crippen molar-refractivity contribution in [2.75, 3.05) is 31.6 Å². The number of aromatic nitrogens is 1. The Morgan fingerprint density at radius 1 is 1.03 bits per heavy atom. The highest BCUT2D eigenvalue weighted by Gasteiger charge is 2.12. The molecule has 3 rings (SSSR count). The summed E-state index contributed by atoms with van der Waals surface area (Å²) in [7, 11) is 1.59. The van der Waals surface area contributed by atoms with Gasteiger partial charge in [0.2, 0.25) is 5.91 Å². The van der Waals surface area contributed by atoms with Gasteiger partial charge in [-0.1, -0.05) is 12.8 Å². The van der Waals surface area contributed by atoms with Crippen molar-refractivity contribution < 1.29 is 14.3 Å². The number of benzene rings is 1. The summed E-state index contributed by atoms with van der Waals surface area (Å²) in [6.07, 6.45) is 7.75. The number of pyridine rings is 1. The van der Waals surface area contributed by atoms with Crippen LogP contribution >= 0.6 is 0 Å². The fourth-order valence-electron chi connectivity index (χ4n) is 3.63. The van der Waals surface area contributed by atoms with Crippen LogP contribution < -0.4 is 20.3 Å². The van der Waals surface area contributed by atoms with Crippen molar-refractivity contribution in [3.05, 3.63) is 53.7 Å². The van der Waals surface area contributed by atoms with Gasteiger partial charge in [0.25, 0.3) is 5.91 Å². The molecule has 2 heterocycles. The molecule has 2 amide bonds. The van der Waals surface area contributed by atoms with E-state index in [0.29, 0.717) is 37.2 Å². The molecular formula is C24H32N4O3. The van der Waals surface area contributed by atoms with Crippen LogP contribution in [0.25, 0.3) is 0 Å². The molecule has 2 aromatic rings. The number of hydrogen-bond acceptors (Lipinski definition) is 5. The molecule has 31 heavy (non-hydrogen) atoms. The van der Waals surface area contributed by atoms with Gasteiger partial charge in [-0.25, -0.2) is 4.98 Å². The first kappa shape index (κ1) is 22.6. The van der Waals surface area contributed by atoms with Crippen LogP contribution in [0.3, 0.4) is 0 Å². The van der Waals surface area contributed by atoms with E-state index in [9.17, 15) is 9.59 Å². The summed E-state index contributed by atoms with van der Waals surface area (Å²) >= 11 is 0. The highest BCUT2D eigenvalue weighted by atomic mass is 16.5. The maximum absolute atomic E-state index is 12.2. The van der Waals surface area contributed by atoms with Crippen molar-refractivity contribution in [1.29, 1.82) is 0 Å². The van der Waals surface area contributed by atoms with E-state index in [1.54, 1.807) is 31.4 Å². The average Bonchev–Trinajstić information content (AvgIpc) is 3.10. The highest BCUT2D eigenvalue weighted by Crippen LogP contribution is 2.18. The first-order chi connectivity index (χ1) is 15.2. The molecule has 0 spiro atoms. The fraction of sp³-hybridized carbons (Fsp3) is 0.458. The van der Waals surface area contributed by atoms with Crippen LogP contribution in [0.2, 0.25) is 0 Å². The van der Waals surface area contributed by atoms with E-state index in [1.165, 1.54) is 25.7 Å². The molecule has 0 radical (unpaired) electrons. The number of ether oxygens (including phenoxy) is 1. The van der Waals surface area contributed by atoms with Crippen molar-refractivity contribution in [2.24, 2.45) is 0 Å². The molecule has 2 N–H and O–H groups in total. The third-order valence-electron chi connectivity index (χ3n) is 5.45. The van der Waals surface area contributed by atoms with Crippen LogP contribution in [-0.4, -0.2) is 43.5 Å². The van der Waals surface area contributed by atoms with E-state index in [4.69, 9.17) is 4.74 Å². The van der Waals surface area contributed by atoms with Crippen LogP contribution in [0, 0.1) is 0 Å². The maximum atomic E-state index is 12.2. The molecule has 1 aliphatic heterocycles. The SMILES string of the molecule is COc1ccc(C(=O)NCCCC(=O)NCc2ccnc(N3CCCCCC3)c2)cc1. The van der Waals surface area contributed by atoms with Gasteiger partial charge >= 0.3 is 0 Å². The number of nitrogens with zero attached hydrogens (tertiary/aromatic N) is 2. The Balaban J connectivity index is 1.36. The minimum absolute atomic E-state index is 0.0215. The van der Waals surface area contributed by atoms with Gasteiger partial charge in [-0.2, -0.15) is 0 Å². The van der Waals surface area contributed by atoms with E-state index in [-0.39, 0.29) is 11.8 Å². The predicted octanol–water partition coefficient (Wildman–Crippen LogP) is 3.30. The predicted molar refractivity (Wildman–Crippen MR) is 121 cm³/mol. The molecule has 7 nitrogen and oxygen atoms in total. The van der Waals surface area contributed by atoms with Gasteiger partial charge in [0, 0.05) is 44.4 Å². The minimum atomic E-state index is -0.152. The normalized spacial score (nSPS) is 13.9. The molecule has 0 unspecified atom stereocenters. The Kier molecular flexibility index (Phi) is 8.70. The van der Waals surface area contributed by atoms with Crippen molar-refractivity contribution in [2.45, 2.75) is 45.1 Å². The second-order valence-electron chi connectivity index (χ2n) is 7.79. The van der Waals surface area contributed by atoms with Crippen LogP contribution in [-0.2, 0) is 11.3 Å². The zero-order chi connectivity index (χ0) is 21.9. The molecule has 1 saturated heterocycles. The summed E-state index contributed by atoms with van der Waals surface area (Å²) in [5.74, 6) is 1.53. The van der Waals surface area contributed by atoms with Crippen LogP contribution in [0.5, 0.6) is 5.75 Å². The lowest BCUT2D eigenvalue weighted by atomic mass is 10.2. The first-order valence-electron chi connectivity index (χ1n) is 11.0. The smallest absolute Gasteiger partial charge is 0.251 e. The van der Waals surface area contributed by atoms with Crippen molar-refractivity contribution in [1.82, 2.24) is 15.6 Å². The summed E-state index contributed by atoms with van der Waals surface area (Å²) in [5, 5.41) is 5.80. The zero-order valence-electron chi connectivity index (χ0n) is 18.2. The Hall–Kier alpha value is -3.09. The molecule has 1 aromatic carbocycles. The number of amides is 2. The number of carbonyl (C=O) groups is 2. The summed E-state index contributed by atoms with van der Waals surface area (Å²) in [6, 6.07) is 10.9. The third kappa shape index (κ3) is 7.27. The molecule has 7 heteroatoms. The Morgan fingerprint density at radius 2 is 1.77 bits per heavy atom. The molecule has 1 fully saturated rings. The lowest BCUT2D eigenvalue weighted by Crippen LogP contribution is -2.27. The van der Waals surface area contributed by atoms with Crippen LogP contribution in [0.1, 0.15) is 54.4 Å². The molecule has 0 atom stereocenters. The summed E-state index contributed by atoms with van der Waals surface area (Å²) in [4.78, 5) is 31.1. The molecule has 166 valence electrons. The molecule has 0 aliphatic carbocycles. The summed E-state index contributed by atoms with van der Waals surface area (Å²) in [5.41, 5.74) is 1.62. The molecule has 1 aliphatic rings. The van der Waals surface area contributed by atoms with E-state index < -0.39 is 0 Å². The number of nitrogens with one attached hydrogen (secondary N) is 2. The van der Waals surface area contributed by atoms with Gasteiger partial charge in [0.1, 0.15) is 11.6 Å². The molecule has 0 bridgehead atoms. The van der Waals surface area contributed by atoms with Gasteiger partial charge in [-0.15, -0.1) is 0 Å². The van der Waals surface area contributed by atoms with Crippen molar-refractivity contribution >= 4 is 17.6 Å². The summed E-state index contributed by atoms with van der Waals surface area (Å²) < 4.78 is 5.09. The Bertz CT molecular complexity index is 846. The topological polar surface area (TPSA) is 83.6 Å². The maximum Gasteiger partial charge on any atom is 0.251 e. The van der Waals surface area contributed by atoms with Gasteiger partial charge in [-0.3, -0.25) is 9.59 Å². The fourth-order valence-corrected chi connectivity index (χ4v) is 3.63. The van der Waals surface area contributed by atoms with Crippen LogP contribution in [0.15, 0.2) is 42.6 Å².